The van der Waals surface area contributed by atoms with E-state index in [1.54, 1.807) is 56.9 Å². The smallest absolute Gasteiger partial charge is 0.160 e. The largest absolute Gasteiger partial charge is 0.493 e. The Labute approximate surface area is 479 Å². The van der Waals surface area contributed by atoms with Crippen LogP contribution in [0, 0.1) is 23.7 Å². The second kappa shape index (κ2) is 34.4. The second-order valence-electron chi connectivity index (χ2n) is 21.6. The van der Waals surface area contributed by atoms with Crippen molar-refractivity contribution in [2.45, 2.75) is 51.4 Å². The quantitative estimate of drug-likeness (QED) is 0.0497. The number of hydrogen-bond acceptors (Lipinski definition) is 16. The van der Waals surface area contributed by atoms with Gasteiger partial charge in [-0.2, -0.15) is 0 Å². The van der Waals surface area contributed by atoms with Gasteiger partial charge in [0.1, 0.15) is 0 Å². The van der Waals surface area contributed by atoms with Gasteiger partial charge in [0, 0.05) is 65.4 Å². The van der Waals surface area contributed by atoms with Gasteiger partial charge < -0.3 is 56.8 Å². The maximum atomic E-state index is 5.68. The maximum absolute atomic E-state index is 5.68. The number of nitrogens with zero attached hydrogens (tertiary/aromatic N) is 4. The van der Waals surface area contributed by atoms with Crippen LogP contribution in [0.15, 0.2) is 72.8 Å². The van der Waals surface area contributed by atoms with Crippen molar-refractivity contribution >= 4 is 0 Å². The zero-order valence-electron chi connectivity index (χ0n) is 49.7. The van der Waals surface area contributed by atoms with Gasteiger partial charge in [-0.1, -0.05) is 24.3 Å². The van der Waals surface area contributed by atoms with Crippen molar-refractivity contribution in [1.29, 1.82) is 0 Å². The fraction of sp³-hybridized carbons (Fsp3) is 0.625. The van der Waals surface area contributed by atoms with Crippen LogP contribution in [0.25, 0.3) is 0 Å². The monoisotopic (exact) mass is 1110 g/mol. The van der Waals surface area contributed by atoms with Crippen LogP contribution in [0.2, 0.25) is 0 Å². The molecule has 4 aliphatic heterocycles. The van der Waals surface area contributed by atoms with Gasteiger partial charge >= 0.3 is 0 Å². The molecule has 4 fully saturated rings. The highest BCUT2D eigenvalue weighted by Crippen LogP contribution is 2.37. The summed E-state index contributed by atoms with van der Waals surface area (Å²) >= 11 is 0. The maximum Gasteiger partial charge on any atom is 0.160 e. The highest BCUT2D eigenvalue weighted by atomic mass is 16.5. The molecular formula is C64H96N4O12. The van der Waals surface area contributed by atoms with E-state index in [0.717, 1.165) is 216 Å². The van der Waals surface area contributed by atoms with Crippen molar-refractivity contribution < 1.29 is 56.8 Å². The topological polar surface area (TPSA) is 124 Å². The van der Waals surface area contributed by atoms with Crippen LogP contribution in [-0.2, 0) is 44.6 Å². The Hall–Kier alpha value is -5.04. The molecule has 0 saturated carbocycles. The lowest BCUT2D eigenvalue weighted by molar-refractivity contribution is 0.0236. The van der Waals surface area contributed by atoms with Gasteiger partial charge in [-0.3, -0.25) is 19.6 Å². The molecule has 0 aliphatic carbocycles. The van der Waals surface area contributed by atoms with Crippen LogP contribution in [0.1, 0.15) is 47.9 Å². The van der Waals surface area contributed by atoms with E-state index in [1.165, 1.54) is 35.1 Å². The van der Waals surface area contributed by atoms with E-state index in [9.17, 15) is 0 Å². The lowest BCUT2D eigenvalue weighted by atomic mass is 9.79. The van der Waals surface area contributed by atoms with Crippen molar-refractivity contribution in [1.82, 2.24) is 19.6 Å². The number of methoxy groups -OCH3 is 8. The lowest BCUT2D eigenvalue weighted by Gasteiger charge is -2.35. The van der Waals surface area contributed by atoms with E-state index < -0.39 is 0 Å². The first kappa shape index (κ1) is 62.6. The SMILES string of the molecule is COc1ccc(C[C@@H](CCCN2CCOCC2)[C@@H](Cc2ccc(OC)c(OC)c2)CN2CCOCC2)cc1OC.COc1ccc(C[C@H](CN2CCOCC2)[C@@H](CCCN2CCOCC2)Cc2ccc(OC)c(OC)c2)cc1OC. The predicted octanol–water partition coefficient (Wildman–Crippen LogP) is 8.37. The van der Waals surface area contributed by atoms with E-state index in [1.807, 2.05) is 24.3 Å². The minimum atomic E-state index is 0.467. The highest BCUT2D eigenvalue weighted by Gasteiger charge is 2.29. The molecule has 4 aromatic rings. The third-order valence-electron chi connectivity index (χ3n) is 16.6. The molecule has 0 radical (unpaired) electrons. The van der Waals surface area contributed by atoms with Crippen LogP contribution < -0.4 is 37.9 Å². The van der Waals surface area contributed by atoms with Crippen molar-refractivity contribution in [2.75, 3.05) is 188 Å². The summed E-state index contributed by atoms with van der Waals surface area (Å²) in [4.78, 5) is 10.3. The lowest BCUT2D eigenvalue weighted by Crippen LogP contribution is -2.42. The summed E-state index contributed by atoms with van der Waals surface area (Å²) in [5, 5.41) is 0. The molecule has 4 aromatic carbocycles. The van der Waals surface area contributed by atoms with Gasteiger partial charge in [-0.15, -0.1) is 0 Å². The van der Waals surface area contributed by atoms with Crippen molar-refractivity contribution in [3.63, 3.8) is 0 Å². The van der Waals surface area contributed by atoms with E-state index in [-0.39, 0.29) is 0 Å². The molecule has 8 rings (SSSR count). The fourth-order valence-electron chi connectivity index (χ4n) is 12.0. The number of morpholine rings is 4. The van der Waals surface area contributed by atoms with Gasteiger partial charge in [0.25, 0.3) is 0 Å². The summed E-state index contributed by atoms with van der Waals surface area (Å²) in [6, 6.07) is 25.5. The molecule has 4 aliphatic rings. The molecule has 4 heterocycles. The fourth-order valence-corrected chi connectivity index (χ4v) is 12.0. The summed E-state index contributed by atoms with van der Waals surface area (Å²) in [6.07, 6.45) is 8.60. The van der Waals surface area contributed by atoms with Gasteiger partial charge in [0.15, 0.2) is 46.0 Å². The van der Waals surface area contributed by atoms with E-state index in [0.29, 0.717) is 23.7 Å². The van der Waals surface area contributed by atoms with Gasteiger partial charge in [-0.05, 0) is 159 Å². The summed E-state index contributed by atoms with van der Waals surface area (Å²) in [5.74, 6) is 8.15. The minimum Gasteiger partial charge on any atom is -0.493 e. The third kappa shape index (κ3) is 19.6. The van der Waals surface area contributed by atoms with Crippen molar-refractivity contribution in [3.05, 3.63) is 95.1 Å². The number of benzene rings is 4. The summed E-state index contributed by atoms with van der Waals surface area (Å²) in [6.45, 7) is 19.0. The van der Waals surface area contributed by atoms with E-state index in [4.69, 9.17) is 56.8 Å². The molecule has 0 spiro atoms. The Morgan fingerprint density at radius 1 is 0.312 bits per heavy atom. The highest BCUT2D eigenvalue weighted by molar-refractivity contribution is 5.46. The van der Waals surface area contributed by atoms with Gasteiger partial charge in [0.2, 0.25) is 0 Å². The zero-order valence-corrected chi connectivity index (χ0v) is 49.7. The molecule has 4 atom stereocenters. The Morgan fingerprint density at radius 2 is 0.550 bits per heavy atom. The molecule has 0 bridgehead atoms. The minimum absolute atomic E-state index is 0.467. The first-order valence-corrected chi connectivity index (χ1v) is 29.3. The molecule has 80 heavy (non-hydrogen) atoms. The van der Waals surface area contributed by atoms with Crippen LogP contribution in [-0.4, -0.2) is 208 Å². The Bertz CT molecular complexity index is 2210. The zero-order chi connectivity index (χ0) is 56.3. The van der Waals surface area contributed by atoms with Crippen LogP contribution >= 0.6 is 0 Å². The molecule has 16 nitrogen and oxygen atoms in total. The summed E-state index contributed by atoms with van der Waals surface area (Å²) in [5.41, 5.74) is 5.13. The molecular weight excluding hydrogens is 1020 g/mol. The first-order chi connectivity index (χ1) is 39.3. The molecule has 4 saturated heterocycles. The third-order valence-corrected chi connectivity index (χ3v) is 16.6. The Balaban J connectivity index is 0.000000231. The van der Waals surface area contributed by atoms with Crippen molar-refractivity contribution in [3.8, 4) is 46.0 Å². The summed E-state index contributed by atoms with van der Waals surface area (Å²) < 4.78 is 67.2. The normalized spacial score (nSPS) is 18.2. The first-order valence-electron chi connectivity index (χ1n) is 29.3. The molecule has 16 heteroatoms. The van der Waals surface area contributed by atoms with Gasteiger partial charge in [0.05, 0.1) is 110 Å². The van der Waals surface area contributed by atoms with Crippen LogP contribution in [0.5, 0.6) is 46.0 Å². The standard InChI is InChI=1S/2C32H48N2O6/c2*1-35-29-9-7-25(22-31(29)37-3)20-27(6-5-11-33-12-16-39-17-13-33)28(24-34-14-18-40-19-15-34)21-26-8-10-30(36-2)32(23-26)38-4/h2*7-10,22-23,27-28H,5-6,11-21,24H2,1-4H3/t2*27-,28+/m10/s1. The number of rotatable bonds is 30. The predicted molar refractivity (Wildman–Crippen MR) is 314 cm³/mol. The Kier molecular flexibility index (Phi) is 26.9. The van der Waals surface area contributed by atoms with Gasteiger partial charge in [-0.25, -0.2) is 0 Å². The van der Waals surface area contributed by atoms with Crippen LogP contribution in [0.3, 0.4) is 0 Å². The van der Waals surface area contributed by atoms with E-state index >= 15 is 0 Å². The average molecular weight is 1110 g/mol. The van der Waals surface area contributed by atoms with Crippen molar-refractivity contribution in [2.24, 2.45) is 23.7 Å². The average Bonchev–Trinajstić information content (AvgIpc) is 3.51. The molecule has 444 valence electrons. The molecule has 0 N–H and O–H groups in total. The molecule has 0 aromatic heterocycles. The molecule has 0 amide bonds. The summed E-state index contributed by atoms with van der Waals surface area (Å²) in [7, 11) is 13.6. The number of hydrogen-bond donors (Lipinski definition) is 0. The van der Waals surface area contributed by atoms with Crippen LogP contribution in [0.4, 0.5) is 0 Å². The van der Waals surface area contributed by atoms with E-state index in [2.05, 4.69) is 68.1 Å². The Morgan fingerprint density at radius 3 is 0.800 bits per heavy atom. The molecule has 0 unspecified atom stereocenters. The number of ether oxygens (including phenoxy) is 12. The second-order valence-corrected chi connectivity index (χ2v) is 21.6.